The third-order valence-corrected chi connectivity index (χ3v) is 5.07. The van der Waals surface area contributed by atoms with E-state index in [1.807, 2.05) is 0 Å². The van der Waals surface area contributed by atoms with E-state index < -0.39 is 42.0 Å². The minimum Gasteiger partial charge on any atom is -0.448 e. The van der Waals surface area contributed by atoms with Gasteiger partial charge in [-0.1, -0.05) is 24.3 Å². The third kappa shape index (κ3) is 4.47. The van der Waals surface area contributed by atoms with E-state index in [2.05, 4.69) is 10.1 Å². The smallest absolute Gasteiger partial charge is 0.448 e. The van der Waals surface area contributed by atoms with Crippen LogP contribution in [-0.2, 0) is 20.7 Å². The predicted octanol–water partition coefficient (Wildman–Crippen LogP) is 2.59. The van der Waals surface area contributed by atoms with Crippen LogP contribution in [0.1, 0.15) is 22.3 Å². The normalized spacial score (nSPS) is 20.8. The number of benzene rings is 2. The summed E-state index contributed by atoms with van der Waals surface area (Å²) in [5, 5.41) is 2.58. The van der Waals surface area contributed by atoms with Gasteiger partial charge < -0.3 is 19.7 Å². The van der Waals surface area contributed by atoms with E-state index in [4.69, 9.17) is 4.74 Å². The van der Waals surface area contributed by atoms with Crippen LogP contribution in [0.5, 0.6) is 5.75 Å². The van der Waals surface area contributed by atoms with E-state index in [0.29, 0.717) is 11.1 Å². The second-order valence-corrected chi connectivity index (χ2v) is 7.14. The standard InChI is InChI=1S/C21H17F3N2O5/c22-21(23,24)31-14-6-3-5-13(11-14)26-9-8-16(19(26)28)25-18(27)17-10-12-4-1-2-7-15(12)20(29)30-17/h1-7,11,16-17H,8-10H2,(H,25,27)/t16-,17+/m0/s1. The number of rotatable bonds is 4. The van der Waals surface area contributed by atoms with Crippen molar-refractivity contribution in [2.75, 3.05) is 11.4 Å². The summed E-state index contributed by atoms with van der Waals surface area (Å²) < 4.78 is 46.4. The second-order valence-electron chi connectivity index (χ2n) is 7.14. The number of ether oxygens (including phenoxy) is 2. The molecular formula is C21H17F3N2O5. The SMILES string of the molecule is O=C1O[C@@H](C(=O)N[C@H]2CCN(c3cccc(OC(F)(F)F)c3)C2=O)Cc2ccccc21. The van der Waals surface area contributed by atoms with Crippen LogP contribution in [0.2, 0.25) is 0 Å². The summed E-state index contributed by atoms with van der Waals surface area (Å²) in [6.07, 6.45) is -5.46. The minimum atomic E-state index is -4.85. The van der Waals surface area contributed by atoms with Gasteiger partial charge in [0.2, 0.25) is 5.91 Å². The number of nitrogens with zero attached hydrogens (tertiary/aromatic N) is 1. The number of nitrogens with one attached hydrogen (secondary N) is 1. The average Bonchev–Trinajstić information content (AvgIpc) is 3.07. The highest BCUT2D eigenvalue weighted by Crippen LogP contribution is 2.29. The molecule has 0 saturated carbocycles. The molecule has 0 spiro atoms. The highest BCUT2D eigenvalue weighted by atomic mass is 19.4. The van der Waals surface area contributed by atoms with Crippen LogP contribution in [0.25, 0.3) is 0 Å². The molecule has 1 saturated heterocycles. The maximum absolute atomic E-state index is 12.7. The first-order chi connectivity index (χ1) is 14.7. The average molecular weight is 434 g/mol. The molecule has 0 unspecified atom stereocenters. The summed E-state index contributed by atoms with van der Waals surface area (Å²) in [5.41, 5.74) is 1.30. The summed E-state index contributed by atoms with van der Waals surface area (Å²) in [4.78, 5) is 38.7. The van der Waals surface area contributed by atoms with Crippen molar-refractivity contribution in [1.82, 2.24) is 5.32 Å². The molecule has 162 valence electrons. The first kappa shape index (κ1) is 20.7. The van der Waals surface area contributed by atoms with Crippen molar-refractivity contribution in [3.05, 3.63) is 59.7 Å². The van der Waals surface area contributed by atoms with Gasteiger partial charge in [-0.3, -0.25) is 9.59 Å². The Hall–Kier alpha value is -3.56. The molecular weight excluding hydrogens is 417 g/mol. The van der Waals surface area contributed by atoms with Gasteiger partial charge in [0.1, 0.15) is 11.8 Å². The second kappa shape index (κ2) is 7.93. The van der Waals surface area contributed by atoms with E-state index in [1.54, 1.807) is 24.3 Å². The molecule has 2 aromatic rings. The molecule has 1 fully saturated rings. The van der Waals surface area contributed by atoms with Crippen LogP contribution in [0.15, 0.2) is 48.5 Å². The van der Waals surface area contributed by atoms with Crippen LogP contribution >= 0.6 is 0 Å². The molecule has 1 N–H and O–H groups in total. The Morgan fingerprint density at radius 1 is 1.13 bits per heavy atom. The molecule has 2 amide bonds. The number of fused-ring (bicyclic) bond motifs is 1. The monoisotopic (exact) mass is 434 g/mol. The third-order valence-electron chi connectivity index (χ3n) is 5.07. The van der Waals surface area contributed by atoms with E-state index in [-0.39, 0.29) is 25.1 Å². The molecule has 2 aliphatic rings. The van der Waals surface area contributed by atoms with Crippen LogP contribution in [0.3, 0.4) is 0 Å². The number of carbonyl (C=O) groups is 3. The Morgan fingerprint density at radius 3 is 2.68 bits per heavy atom. The summed E-state index contributed by atoms with van der Waals surface area (Å²) >= 11 is 0. The fourth-order valence-corrected chi connectivity index (χ4v) is 3.66. The number of halogens is 3. The highest BCUT2D eigenvalue weighted by molar-refractivity contribution is 6.02. The lowest BCUT2D eigenvalue weighted by Crippen LogP contribution is -2.48. The van der Waals surface area contributed by atoms with E-state index in [1.165, 1.54) is 17.0 Å². The number of carbonyl (C=O) groups excluding carboxylic acids is 3. The lowest BCUT2D eigenvalue weighted by molar-refractivity contribution is -0.274. The van der Waals surface area contributed by atoms with E-state index in [0.717, 1.165) is 12.1 Å². The summed E-state index contributed by atoms with van der Waals surface area (Å²) in [6.45, 7) is 0.201. The number of alkyl halides is 3. The topological polar surface area (TPSA) is 84.9 Å². The lowest BCUT2D eigenvalue weighted by Gasteiger charge is -2.25. The first-order valence-electron chi connectivity index (χ1n) is 9.48. The zero-order chi connectivity index (χ0) is 22.2. The molecule has 2 atom stereocenters. The van der Waals surface area contributed by atoms with Gasteiger partial charge in [-0.25, -0.2) is 4.79 Å². The van der Waals surface area contributed by atoms with Gasteiger partial charge in [0.25, 0.3) is 5.91 Å². The number of hydrogen-bond donors (Lipinski definition) is 1. The molecule has 10 heteroatoms. The minimum absolute atomic E-state index is 0.190. The van der Waals surface area contributed by atoms with Gasteiger partial charge in [-0.05, 0) is 30.2 Å². The Labute approximate surface area is 174 Å². The van der Waals surface area contributed by atoms with Crippen molar-refractivity contribution in [3.63, 3.8) is 0 Å². The molecule has 31 heavy (non-hydrogen) atoms. The van der Waals surface area contributed by atoms with Crippen molar-refractivity contribution >= 4 is 23.5 Å². The van der Waals surface area contributed by atoms with Crippen molar-refractivity contribution in [3.8, 4) is 5.75 Å². The summed E-state index contributed by atoms with van der Waals surface area (Å²) in [7, 11) is 0. The van der Waals surface area contributed by atoms with Gasteiger partial charge in [0.15, 0.2) is 6.10 Å². The number of amides is 2. The molecule has 2 heterocycles. The van der Waals surface area contributed by atoms with Gasteiger partial charge in [-0.2, -0.15) is 0 Å². The Morgan fingerprint density at radius 2 is 1.90 bits per heavy atom. The van der Waals surface area contributed by atoms with Gasteiger partial charge >= 0.3 is 12.3 Å². The summed E-state index contributed by atoms with van der Waals surface area (Å²) in [5.74, 6) is -2.13. The van der Waals surface area contributed by atoms with Crippen molar-refractivity contribution < 1.29 is 37.0 Å². The van der Waals surface area contributed by atoms with Crippen LogP contribution in [0.4, 0.5) is 18.9 Å². The molecule has 0 bridgehead atoms. The zero-order valence-electron chi connectivity index (χ0n) is 16.0. The molecule has 2 aliphatic heterocycles. The van der Waals surface area contributed by atoms with Crippen LogP contribution < -0.4 is 15.0 Å². The predicted molar refractivity (Wildman–Crippen MR) is 101 cm³/mol. The number of esters is 1. The quantitative estimate of drug-likeness (QED) is 0.748. The van der Waals surface area contributed by atoms with Gasteiger partial charge in [0.05, 0.1) is 5.56 Å². The molecule has 0 aliphatic carbocycles. The molecule has 4 rings (SSSR count). The molecule has 7 nitrogen and oxygen atoms in total. The molecule has 2 aromatic carbocycles. The number of anilines is 1. The first-order valence-corrected chi connectivity index (χ1v) is 9.48. The van der Waals surface area contributed by atoms with Crippen LogP contribution in [-0.4, -0.2) is 42.8 Å². The van der Waals surface area contributed by atoms with Crippen molar-refractivity contribution in [2.24, 2.45) is 0 Å². The highest BCUT2D eigenvalue weighted by Gasteiger charge is 2.38. The fourth-order valence-electron chi connectivity index (χ4n) is 3.66. The van der Waals surface area contributed by atoms with Crippen LogP contribution in [0, 0.1) is 0 Å². The van der Waals surface area contributed by atoms with Crippen molar-refractivity contribution in [1.29, 1.82) is 0 Å². The maximum Gasteiger partial charge on any atom is 0.573 e. The fraction of sp³-hybridized carbons (Fsp3) is 0.286. The number of hydrogen-bond acceptors (Lipinski definition) is 5. The largest absolute Gasteiger partial charge is 0.573 e. The molecule has 0 aromatic heterocycles. The Kier molecular flexibility index (Phi) is 5.30. The van der Waals surface area contributed by atoms with Gasteiger partial charge in [0, 0.05) is 24.7 Å². The zero-order valence-corrected chi connectivity index (χ0v) is 16.0. The lowest BCUT2D eigenvalue weighted by atomic mass is 9.98. The van der Waals surface area contributed by atoms with E-state index in [9.17, 15) is 27.6 Å². The maximum atomic E-state index is 12.7. The van der Waals surface area contributed by atoms with Gasteiger partial charge in [-0.15, -0.1) is 13.2 Å². The molecule has 0 radical (unpaired) electrons. The number of cyclic esters (lactones) is 1. The Balaban J connectivity index is 1.42. The van der Waals surface area contributed by atoms with E-state index >= 15 is 0 Å². The van der Waals surface area contributed by atoms with Crippen molar-refractivity contribution in [2.45, 2.75) is 31.3 Å². The Bertz CT molecular complexity index is 1040. The summed E-state index contributed by atoms with van der Waals surface area (Å²) in [6, 6.07) is 11.0.